The molecule has 3 amide bonds. The summed E-state index contributed by atoms with van der Waals surface area (Å²) in [6, 6.07) is 5.92. The molecule has 27 heavy (non-hydrogen) atoms. The zero-order chi connectivity index (χ0) is 18.8. The van der Waals surface area contributed by atoms with Gasteiger partial charge in [-0.05, 0) is 44.4 Å². The van der Waals surface area contributed by atoms with Crippen LogP contribution in [0.5, 0.6) is 0 Å². The molecule has 0 unspecified atom stereocenters. The molecule has 2 aromatic rings. The summed E-state index contributed by atoms with van der Waals surface area (Å²) in [6.45, 7) is 4.42. The van der Waals surface area contributed by atoms with Crippen LogP contribution in [-0.4, -0.2) is 63.9 Å². The van der Waals surface area contributed by atoms with Crippen LogP contribution in [0.1, 0.15) is 48.3 Å². The van der Waals surface area contributed by atoms with Crippen LogP contribution in [0.25, 0.3) is 11.0 Å². The molecule has 7 heteroatoms. The zero-order valence-electron chi connectivity index (χ0n) is 15.8. The highest BCUT2D eigenvalue weighted by molar-refractivity contribution is 5.97. The molecule has 1 aromatic heterocycles. The van der Waals surface area contributed by atoms with Gasteiger partial charge in [0.05, 0.1) is 11.0 Å². The number of aryl methyl sites for hydroxylation is 1. The quantitative estimate of drug-likeness (QED) is 0.854. The summed E-state index contributed by atoms with van der Waals surface area (Å²) in [5, 5.41) is 3.15. The SMILES string of the molecule is Cc1nc2ccc(C(=O)N3CCCN(C(=O)NC4CCCC4)CC3)cc2[nH]1. The fourth-order valence-electron chi connectivity index (χ4n) is 4.11. The van der Waals surface area contributed by atoms with E-state index < -0.39 is 0 Å². The normalized spacial score (nSPS) is 18.7. The molecule has 144 valence electrons. The number of aromatic amines is 1. The predicted octanol–water partition coefficient (Wildman–Crippen LogP) is 2.67. The zero-order valence-corrected chi connectivity index (χ0v) is 15.8. The van der Waals surface area contributed by atoms with E-state index in [4.69, 9.17) is 0 Å². The van der Waals surface area contributed by atoms with Gasteiger partial charge in [0.1, 0.15) is 5.82 Å². The minimum atomic E-state index is 0.0159. The first-order valence-electron chi connectivity index (χ1n) is 9.91. The number of urea groups is 1. The summed E-state index contributed by atoms with van der Waals surface area (Å²) in [4.78, 5) is 36.7. The van der Waals surface area contributed by atoms with Gasteiger partial charge in [-0.15, -0.1) is 0 Å². The number of carbonyl (C=O) groups excluding carboxylic acids is 2. The molecule has 2 aliphatic rings. The van der Waals surface area contributed by atoms with Crippen molar-refractivity contribution in [2.24, 2.45) is 0 Å². The van der Waals surface area contributed by atoms with Crippen molar-refractivity contribution in [1.29, 1.82) is 0 Å². The summed E-state index contributed by atoms with van der Waals surface area (Å²) < 4.78 is 0. The van der Waals surface area contributed by atoms with Crippen molar-refractivity contribution in [3.8, 4) is 0 Å². The number of nitrogens with one attached hydrogen (secondary N) is 2. The molecule has 0 bridgehead atoms. The lowest BCUT2D eigenvalue weighted by molar-refractivity contribution is 0.0762. The van der Waals surface area contributed by atoms with Crippen LogP contribution in [-0.2, 0) is 0 Å². The highest BCUT2D eigenvalue weighted by Crippen LogP contribution is 2.19. The Kier molecular flexibility index (Phi) is 5.01. The average molecular weight is 369 g/mol. The van der Waals surface area contributed by atoms with Crippen LogP contribution in [0, 0.1) is 6.92 Å². The Balaban J connectivity index is 1.39. The van der Waals surface area contributed by atoms with E-state index in [9.17, 15) is 9.59 Å². The summed E-state index contributed by atoms with van der Waals surface area (Å²) in [6.07, 6.45) is 5.37. The van der Waals surface area contributed by atoms with Gasteiger partial charge in [-0.1, -0.05) is 12.8 Å². The summed E-state index contributed by atoms with van der Waals surface area (Å²) in [7, 11) is 0. The number of nitrogens with zero attached hydrogens (tertiary/aromatic N) is 3. The topological polar surface area (TPSA) is 81.3 Å². The molecule has 7 nitrogen and oxygen atoms in total. The van der Waals surface area contributed by atoms with Gasteiger partial charge in [-0.2, -0.15) is 0 Å². The molecule has 1 saturated heterocycles. The van der Waals surface area contributed by atoms with Gasteiger partial charge in [0, 0.05) is 37.8 Å². The number of aromatic nitrogens is 2. The Hall–Kier alpha value is -2.57. The van der Waals surface area contributed by atoms with Gasteiger partial charge >= 0.3 is 6.03 Å². The van der Waals surface area contributed by atoms with Gasteiger partial charge in [-0.25, -0.2) is 9.78 Å². The molecule has 0 spiro atoms. The maximum Gasteiger partial charge on any atom is 0.317 e. The van der Waals surface area contributed by atoms with E-state index in [0.29, 0.717) is 37.8 Å². The fourth-order valence-corrected chi connectivity index (χ4v) is 4.11. The van der Waals surface area contributed by atoms with Gasteiger partial charge < -0.3 is 20.1 Å². The first kappa shape index (κ1) is 17.8. The summed E-state index contributed by atoms with van der Waals surface area (Å²) in [5.74, 6) is 0.857. The smallest absolute Gasteiger partial charge is 0.317 e. The number of benzene rings is 1. The summed E-state index contributed by atoms with van der Waals surface area (Å²) in [5.41, 5.74) is 2.41. The number of hydrogen-bond acceptors (Lipinski definition) is 3. The number of amides is 3. The van der Waals surface area contributed by atoms with Gasteiger partial charge in [0.25, 0.3) is 5.91 Å². The lowest BCUT2D eigenvalue weighted by atomic mass is 10.1. The van der Waals surface area contributed by atoms with Gasteiger partial charge in [0.15, 0.2) is 0 Å². The highest BCUT2D eigenvalue weighted by Gasteiger charge is 2.25. The van der Waals surface area contributed by atoms with E-state index in [1.165, 1.54) is 12.8 Å². The average Bonchev–Trinajstić information content (AvgIpc) is 3.21. The van der Waals surface area contributed by atoms with Crippen LogP contribution < -0.4 is 5.32 Å². The number of imidazole rings is 1. The van der Waals surface area contributed by atoms with Crippen molar-refractivity contribution in [2.45, 2.75) is 45.1 Å². The summed E-state index contributed by atoms with van der Waals surface area (Å²) >= 11 is 0. The molecule has 1 aliphatic heterocycles. The second-order valence-corrected chi connectivity index (χ2v) is 7.62. The van der Waals surface area contributed by atoms with Crippen molar-refractivity contribution < 1.29 is 9.59 Å². The third kappa shape index (κ3) is 3.91. The van der Waals surface area contributed by atoms with Crippen molar-refractivity contribution >= 4 is 23.0 Å². The molecule has 2 heterocycles. The molecule has 4 rings (SSSR count). The van der Waals surface area contributed by atoms with Crippen molar-refractivity contribution in [2.75, 3.05) is 26.2 Å². The third-order valence-corrected chi connectivity index (χ3v) is 5.60. The largest absolute Gasteiger partial charge is 0.342 e. The second-order valence-electron chi connectivity index (χ2n) is 7.62. The van der Waals surface area contributed by atoms with E-state index >= 15 is 0 Å². The van der Waals surface area contributed by atoms with Crippen LogP contribution in [0.3, 0.4) is 0 Å². The van der Waals surface area contributed by atoms with Crippen LogP contribution >= 0.6 is 0 Å². The Morgan fingerprint density at radius 1 is 1.07 bits per heavy atom. The Morgan fingerprint density at radius 3 is 2.63 bits per heavy atom. The van der Waals surface area contributed by atoms with Crippen molar-refractivity contribution in [1.82, 2.24) is 25.1 Å². The monoisotopic (exact) mass is 369 g/mol. The second kappa shape index (κ2) is 7.58. The lowest BCUT2D eigenvalue weighted by Crippen LogP contribution is -2.45. The number of H-pyrrole nitrogens is 1. The molecular formula is C20H27N5O2. The van der Waals surface area contributed by atoms with E-state index in [1.807, 2.05) is 34.9 Å². The number of hydrogen-bond donors (Lipinski definition) is 2. The molecular weight excluding hydrogens is 342 g/mol. The lowest BCUT2D eigenvalue weighted by Gasteiger charge is -2.24. The van der Waals surface area contributed by atoms with Crippen molar-refractivity contribution in [3.05, 3.63) is 29.6 Å². The molecule has 1 saturated carbocycles. The first-order chi connectivity index (χ1) is 13.1. The Morgan fingerprint density at radius 2 is 1.81 bits per heavy atom. The molecule has 0 radical (unpaired) electrons. The first-order valence-corrected chi connectivity index (χ1v) is 9.91. The van der Waals surface area contributed by atoms with Crippen LogP contribution in [0.2, 0.25) is 0 Å². The third-order valence-electron chi connectivity index (χ3n) is 5.60. The number of rotatable bonds is 2. The van der Waals surface area contributed by atoms with Gasteiger partial charge in [0.2, 0.25) is 0 Å². The number of carbonyl (C=O) groups is 2. The fraction of sp³-hybridized carbons (Fsp3) is 0.550. The van der Waals surface area contributed by atoms with E-state index in [-0.39, 0.29) is 11.9 Å². The van der Waals surface area contributed by atoms with Crippen LogP contribution in [0.4, 0.5) is 4.79 Å². The van der Waals surface area contributed by atoms with E-state index in [2.05, 4.69) is 15.3 Å². The van der Waals surface area contributed by atoms with E-state index in [1.54, 1.807) is 0 Å². The molecule has 0 atom stereocenters. The van der Waals surface area contributed by atoms with Crippen LogP contribution in [0.15, 0.2) is 18.2 Å². The maximum absolute atomic E-state index is 12.9. The standard InChI is InChI=1S/C20H27N5O2/c1-14-21-17-8-7-15(13-18(17)22-14)19(26)24-9-4-10-25(12-11-24)20(27)23-16-5-2-3-6-16/h7-8,13,16H,2-6,9-12H2,1H3,(H,21,22)(H,23,27). The number of fused-ring (bicyclic) bond motifs is 1. The van der Waals surface area contributed by atoms with E-state index in [0.717, 1.165) is 36.1 Å². The molecule has 1 aliphatic carbocycles. The molecule has 2 N–H and O–H groups in total. The Labute approximate surface area is 159 Å². The maximum atomic E-state index is 12.9. The Bertz CT molecular complexity index is 840. The molecule has 1 aromatic carbocycles. The molecule has 2 fully saturated rings. The van der Waals surface area contributed by atoms with Gasteiger partial charge in [-0.3, -0.25) is 4.79 Å². The van der Waals surface area contributed by atoms with Crippen molar-refractivity contribution in [3.63, 3.8) is 0 Å². The predicted molar refractivity (Wildman–Crippen MR) is 104 cm³/mol. The highest BCUT2D eigenvalue weighted by atomic mass is 16.2. The minimum absolute atomic E-state index is 0.0159. The minimum Gasteiger partial charge on any atom is -0.342 e.